The highest BCUT2D eigenvalue weighted by Crippen LogP contribution is 2.30. The summed E-state index contributed by atoms with van der Waals surface area (Å²) in [5, 5.41) is 3.45. The Morgan fingerprint density at radius 2 is 1.42 bits per heavy atom. The van der Waals surface area contributed by atoms with E-state index in [1.54, 1.807) is 18.2 Å². The zero-order valence-electron chi connectivity index (χ0n) is 24.9. The number of carbonyl (C=O) groups excluding carboxylic acids is 2. The van der Waals surface area contributed by atoms with E-state index < -0.39 is 28.5 Å². The van der Waals surface area contributed by atoms with E-state index in [2.05, 4.69) is 21.2 Å². The van der Waals surface area contributed by atoms with Gasteiger partial charge in [-0.1, -0.05) is 107 Å². The number of anilines is 1. The summed E-state index contributed by atoms with van der Waals surface area (Å²) >= 11 is 16.0. The van der Waals surface area contributed by atoms with Crippen LogP contribution in [0.4, 0.5) is 5.69 Å². The average molecular weight is 732 g/mol. The van der Waals surface area contributed by atoms with Gasteiger partial charge in [0.1, 0.15) is 12.6 Å². The summed E-state index contributed by atoms with van der Waals surface area (Å²) < 4.78 is 30.0. The van der Waals surface area contributed by atoms with Crippen molar-refractivity contribution in [3.05, 3.63) is 129 Å². The van der Waals surface area contributed by atoms with Gasteiger partial charge in [-0.05, 0) is 66.9 Å². The summed E-state index contributed by atoms with van der Waals surface area (Å²) in [6.07, 6.45) is 0.920. The summed E-state index contributed by atoms with van der Waals surface area (Å²) in [7, 11) is -4.26. The van der Waals surface area contributed by atoms with Crippen LogP contribution in [0.25, 0.3) is 0 Å². The minimum atomic E-state index is -4.26. The molecule has 0 saturated heterocycles. The van der Waals surface area contributed by atoms with Crippen LogP contribution in [0.1, 0.15) is 31.4 Å². The first kappa shape index (κ1) is 34.5. The van der Waals surface area contributed by atoms with E-state index in [1.807, 2.05) is 68.4 Å². The molecule has 2 atom stereocenters. The Hall–Kier alpha value is -3.37. The van der Waals surface area contributed by atoms with Crippen LogP contribution in [0.2, 0.25) is 10.0 Å². The number of amides is 2. The molecule has 0 radical (unpaired) electrons. The Kier molecular flexibility index (Phi) is 12.1. The summed E-state index contributed by atoms with van der Waals surface area (Å²) in [6, 6.07) is 27.9. The van der Waals surface area contributed by atoms with Crippen molar-refractivity contribution in [3.8, 4) is 0 Å². The monoisotopic (exact) mass is 729 g/mol. The zero-order valence-corrected chi connectivity index (χ0v) is 28.8. The molecule has 0 fully saturated rings. The molecule has 11 heteroatoms. The second-order valence-corrected chi connectivity index (χ2v) is 14.3. The number of hydrogen-bond acceptors (Lipinski definition) is 4. The van der Waals surface area contributed by atoms with Crippen LogP contribution in [0.5, 0.6) is 0 Å². The third-order valence-corrected chi connectivity index (χ3v) is 10.0. The van der Waals surface area contributed by atoms with Gasteiger partial charge in [-0.25, -0.2) is 8.42 Å². The van der Waals surface area contributed by atoms with Crippen molar-refractivity contribution in [2.45, 2.75) is 50.2 Å². The van der Waals surface area contributed by atoms with Crippen LogP contribution in [0, 0.1) is 0 Å². The normalized spacial score (nSPS) is 12.6. The molecular formula is C34H34BrCl2N3O4S. The largest absolute Gasteiger partial charge is 0.352 e. The quantitative estimate of drug-likeness (QED) is 0.154. The first-order valence-electron chi connectivity index (χ1n) is 14.4. The first-order chi connectivity index (χ1) is 21.5. The van der Waals surface area contributed by atoms with Crippen molar-refractivity contribution >= 4 is 66.7 Å². The van der Waals surface area contributed by atoms with Gasteiger partial charge >= 0.3 is 0 Å². The minimum Gasteiger partial charge on any atom is -0.352 e. The fourth-order valence-corrected chi connectivity index (χ4v) is 6.91. The third kappa shape index (κ3) is 9.33. The topological polar surface area (TPSA) is 86.8 Å². The second-order valence-electron chi connectivity index (χ2n) is 10.6. The Labute approximate surface area is 283 Å². The molecule has 0 saturated carbocycles. The molecular weight excluding hydrogens is 697 g/mol. The van der Waals surface area contributed by atoms with Crippen LogP contribution < -0.4 is 9.62 Å². The minimum absolute atomic E-state index is 0.0105. The Balaban J connectivity index is 1.82. The number of hydrogen-bond donors (Lipinski definition) is 1. The van der Waals surface area contributed by atoms with Crippen molar-refractivity contribution < 1.29 is 18.0 Å². The van der Waals surface area contributed by atoms with E-state index in [-0.39, 0.29) is 45.5 Å². The van der Waals surface area contributed by atoms with E-state index in [0.717, 1.165) is 19.9 Å². The van der Waals surface area contributed by atoms with Gasteiger partial charge in [-0.2, -0.15) is 0 Å². The molecule has 4 aromatic carbocycles. The third-order valence-electron chi connectivity index (χ3n) is 7.28. The highest BCUT2D eigenvalue weighted by molar-refractivity contribution is 9.10. The average Bonchev–Trinajstić information content (AvgIpc) is 3.02. The molecule has 0 spiro atoms. The molecule has 45 heavy (non-hydrogen) atoms. The molecule has 0 heterocycles. The Morgan fingerprint density at radius 3 is 2.00 bits per heavy atom. The van der Waals surface area contributed by atoms with Crippen molar-refractivity contribution in [2.24, 2.45) is 0 Å². The van der Waals surface area contributed by atoms with E-state index in [0.29, 0.717) is 6.42 Å². The van der Waals surface area contributed by atoms with Gasteiger partial charge in [-0.3, -0.25) is 13.9 Å². The molecule has 1 N–H and O–H groups in total. The van der Waals surface area contributed by atoms with Gasteiger partial charge in [-0.15, -0.1) is 0 Å². The van der Waals surface area contributed by atoms with Crippen molar-refractivity contribution in [1.29, 1.82) is 0 Å². The summed E-state index contributed by atoms with van der Waals surface area (Å²) in [4.78, 5) is 29.8. The Morgan fingerprint density at radius 1 is 0.844 bits per heavy atom. The molecule has 0 aliphatic rings. The maximum Gasteiger partial charge on any atom is 0.264 e. The van der Waals surface area contributed by atoms with E-state index in [4.69, 9.17) is 23.2 Å². The van der Waals surface area contributed by atoms with Gasteiger partial charge in [0.05, 0.1) is 10.6 Å². The standard InChI is InChI=1S/C34H34BrCl2N3O4S/c1-3-24(2)38-34(42)32(18-25-10-6-4-7-11-25)39(22-26-14-16-27(35)17-15-26)33(41)23-40(30-20-28(36)19-29(37)21-30)45(43,44)31-12-8-5-9-13-31/h4-17,19-21,24,32H,3,18,22-23H2,1-2H3,(H,38,42)/t24-,32+/m0/s1. The van der Waals surface area contributed by atoms with E-state index in [9.17, 15) is 18.0 Å². The number of nitrogens with one attached hydrogen (secondary N) is 1. The molecule has 0 unspecified atom stereocenters. The van der Waals surface area contributed by atoms with Gasteiger partial charge in [0.15, 0.2) is 0 Å². The maximum atomic E-state index is 14.5. The SMILES string of the molecule is CC[C@H](C)NC(=O)[C@@H](Cc1ccccc1)N(Cc1ccc(Br)cc1)C(=O)CN(c1cc(Cl)cc(Cl)c1)S(=O)(=O)c1ccccc1. The first-order valence-corrected chi connectivity index (χ1v) is 17.4. The second kappa shape index (κ2) is 15.8. The molecule has 4 aromatic rings. The lowest BCUT2D eigenvalue weighted by molar-refractivity contribution is -0.140. The predicted octanol–water partition coefficient (Wildman–Crippen LogP) is 7.51. The van der Waals surface area contributed by atoms with Crippen LogP contribution in [-0.4, -0.2) is 43.8 Å². The lowest BCUT2D eigenvalue weighted by Gasteiger charge is -2.34. The van der Waals surface area contributed by atoms with Crippen molar-refractivity contribution in [2.75, 3.05) is 10.8 Å². The molecule has 236 valence electrons. The molecule has 7 nitrogen and oxygen atoms in total. The molecule has 0 aliphatic heterocycles. The van der Waals surface area contributed by atoms with Crippen LogP contribution >= 0.6 is 39.1 Å². The summed E-state index contributed by atoms with van der Waals surface area (Å²) in [5.74, 6) is -0.907. The van der Waals surface area contributed by atoms with E-state index in [1.165, 1.54) is 35.2 Å². The fourth-order valence-electron chi connectivity index (χ4n) is 4.71. The maximum absolute atomic E-state index is 14.5. The van der Waals surface area contributed by atoms with Gasteiger partial charge < -0.3 is 10.2 Å². The Bertz CT molecular complexity index is 1690. The number of benzene rings is 4. The summed E-state index contributed by atoms with van der Waals surface area (Å²) in [6.45, 7) is 3.32. The predicted molar refractivity (Wildman–Crippen MR) is 184 cm³/mol. The molecule has 2 amide bonds. The molecule has 0 aromatic heterocycles. The number of rotatable bonds is 13. The van der Waals surface area contributed by atoms with Crippen LogP contribution in [-0.2, 0) is 32.6 Å². The van der Waals surface area contributed by atoms with Gasteiger partial charge in [0.25, 0.3) is 10.0 Å². The van der Waals surface area contributed by atoms with Gasteiger partial charge in [0.2, 0.25) is 11.8 Å². The number of sulfonamides is 1. The van der Waals surface area contributed by atoms with Crippen LogP contribution in [0.15, 0.2) is 112 Å². The number of halogens is 3. The highest BCUT2D eigenvalue weighted by atomic mass is 79.9. The smallest absolute Gasteiger partial charge is 0.264 e. The number of nitrogens with zero attached hydrogens (tertiary/aromatic N) is 2. The number of carbonyl (C=O) groups is 2. The molecule has 0 bridgehead atoms. The lowest BCUT2D eigenvalue weighted by atomic mass is 10.0. The highest BCUT2D eigenvalue weighted by Gasteiger charge is 2.35. The van der Waals surface area contributed by atoms with E-state index >= 15 is 0 Å². The van der Waals surface area contributed by atoms with Gasteiger partial charge in [0, 0.05) is 33.5 Å². The molecule has 0 aliphatic carbocycles. The van der Waals surface area contributed by atoms with Crippen molar-refractivity contribution in [1.82, 2.24) is 10.2 Å². The lowest BCUT2D eigenvalue weighted by Crippen LogP contribution is -2.54. The summed E-state index contributed by atoms with van der Waals surface area (Å²) in [5.41, 5.74) is 1.74. The zero-order chi connectivity index (χ0) is 32.6. The van der Waals surface area contributed by atoms with Crippen molar-refractivity contribution in [3.63, 3.8) is 0 Å². The fraction of sp³-hybridized carbons (Fsp3) is 0.235. The van der Waals surface area contributed by atoms with Crippen LogP contribution in [0.3, 0.4) is 0 Å². The molecule has 4 rings (SSSR count).